The zero-order chi connectivity index (χ0) is 26.7. The lowest BCUT2D eigenvalue weighted by atomic mass is 9.95. The van der Waals surface area contributed by atoms with E-state index in [9.17, 15) is 9.59 Å². The van der Waals surface area contributed by atoms with E-state index in [-0.39, 0.29) is 12.2 Å². The van der Waals surface area contributed by atoms with E-state index in [2.05, 4.69) is 11.6 Å². The second-order valence-corrected chi connectivity index (χ2v) is 9.63. The van der Waals surface area contributed by atoms with Gasteiger partial charge in [-0.15, -0.1) is 6.58 Å². The lowest BCUT2D eigenvalue weighted by molar-refractivity contribution is -0.139. The van der Waals surface area contributed by atoms with Crippen LogP contribution in [-0.4, -0.2) is 31.4 Å². The van der Waals surface area contributed by atoms with Gasteiger partial charge in [0, 0.05) is 5.56 Å². The highest BCUT2D eigenvalue weighted by Crippen LogP contribution is 2.34. The molecule has 8 heteroatoms. The Morgan fingerprint density at radius 1 is 1.16 bits per heavy atom. The molecule has 1 aromatic heterocycles. The molecule has 0 saturated carbocycles. The standard InChI is InChI=1S/C29H30N2O5S/c1-7-9-21-14-19(15-22(34-5)26(21)35-6)16-23-27(32)31-25(20-12-10-17(3)11-13-20)24(28(33)36-8-2)18(4)30-29(31)37-23/h7,10-16,25H,1,8-9H2,2-6H3/b23-16+/t25-/m0/s1. The number of nitrogens with zero attached hydrogens (tertiary/aromatic N) is 2. The summed E-state index contributed by atoms with van der Waals surface area (Å²) in [6, 6.07) is 10.9. The van der Waals surface area contributed by atoms with Crippen LogP contribution in [0.4, 0.5) is 0 Å². The third-order valence-corrected chi connectivity index (χ3v) is 7.13. The summed E-state index contributed by atoms with van der Waals surface area (Å²) < 4.78 is 18.5. The highest BCUT2D eigenvalue weighted by atomic mass is 32.1. The number of carbonyl (C=O) groups excluding carboxylic acids is 1. The van der Waals surface area contributed by atoms with Gasteiger partial charge in [0.15, 0.2) is 16.3 Å². The number of methoxy groups -OCH3 is 2. The molecule has 192 valence electrons. The van der Waals surface area contributed by atoms with Crippen molar-refractivity contribution in [1.82, 2.24) is 4.57 Å². The Labute approximate surface area is 219 Å². The van der Waals surface area contributed by atoms with E-state index in [4.69, 9.17) is 14.2 Å². The minimum absolute atomic E-state index is 0.229. The van der Waals surface area contributed by atoms with Crippen LogP contribution in [0.25, 0.3) is 6.08 Å². The zero-order valence-corrected chi connectivity index (χ0v) is 22.5. The number of hydrogen-bond donors (Lipinski definition) is 0. The molecule has 37 heavy (non-hydrogen) atoms. The Morgan fingerprint density at radius 3 is 2.51 bits per heavy atom. The second kappa shape index (κ2) is 11.0. The molecule has 7 nitrogen and oxygen atoms in total. The van der Waals surface area contributed by atoms with Crippen LogP contribution in [0.1, 0.15) is 42.1 Å². The van der Waals surface area contributed by atoms with Crippen LogP contribution in [0.5, 0.6) is 11.5 Å². The molecule has 0 spiro atoms. The molecule has 1 atom stereocenters. The van der Waals surface area contributed by atoms with Gasteiger partial charge in [0.05, 0.1) is 42.7 Å². The van der Waals surface area contributed by atoms with Crippen molar-refractivity contribution in [3.8, 4) is 11.5 Å². The summed E-state index contributed by atoms with van der Waals surface area (Å²) in [5.41, 5.74) is 4.25. The smallest absolute Gasteiger partial charge is 0.338 e. The van der Waals surface area contributed by atoms with E-state index in [0.717, 1.165) is 22.3 Å². The maximum absolute atomic E-state index is 13.8. The molecule has 4 rings (SSSR count). The van der Waals surface area contributed by atoms with Gasteiger partial charge in [-0.3, -0.25) is 9.36 Å². The van der Waals surface area contributed by atoms with Gasteiger partial charge in [0.2, 0.25) is 0 Å². The molecule has 2 aromatic carbocycles. The number of hydrogen-bond acceptors (Lipinski definition) is 7. The SMILES string of the molecule is C=CCc1cc(/C=c2/sc3n(c2=O)[C@@H](c2ccc(C)cc2)C(C(=O)OCC)=C(C)N=3)cc(OC)c1OC. The van der Waals surface area contributed by atoms with Gasteiger partial charge in [-0.25, -0.2) is 9.79 Å². The van der Waals surface area contributed by atoms with Crippen molar-refractivity contribution in [2.24, 2.45) is 4.99 Å². The summed E-state index contributed by atoms with van der Waals surface area (Å²) in [6.07, 6.45) is 4.18. The lowest BCUT2D eigenvalue weighted by Gasteiger charge is -2.24. The average molecular weight is 519 g/mol. The Morgan fingerprint density at radius 2 is 1.89 bits per heavy atom. The van der Waals surface area contributed by atoms with Gasteiger partial charge < -0.3 is 14.2 Å². The third-order valence-electron chi connectivity index (χ3n) is 6.15. The Bertz CT molecular complexity index is 1560. The van der Waals surface area contributed by atoms with Crippen molar-refractivity contribution in [3.63, 3.8) is 0 Å². The number of ether oxygens (including phenoxy) is 3. The third kappa shape index (κ3) is 5.02. The summed E-state index contributed by atoms with van der Waals surface area (Å²) in [5, 5.41) is 0. The molecule has 1 aliphatic rings. The molecule has 0 amide bonds. The van der Waals surface area contributed by atoms with Crippen LogP contribution in [0.2, 0.25) is 0 Å². The molecule has 0 unspecified atom stereocenters. The van der Waals surface area contributed by atoms with Crippen molar-refractivity contribution in [2.75, 3.05) is 20.8 Å². The molecular weight excluding hydrogens is 488 g/mol. The number of carbonyl (C=O) groups is 1. The Kier molecular flexibility index (Phi) is 7.78. The first-order valence-electron chi connectivity index (χ1n) is 11.9. The minimum Gasteiger partial charge on any atom is -0.493 e. The predicted molar refractivity (Wildman–Crippen MR) is 145 cm³/mol. The van der Waals surface area contributed by atoms with Gasteiger partial charge in [-0.05, 0) is 56.5 Å². The number of esters is 1. The van der Waals surface area contributed by atoms with Gasteiger partial charge in [0.25, 0.3) is 5.56 Å². The van der Waals surface area contributed by atoms with Crippen molar-refractivity contribution in [3.05, 3.63) is 102 Å². The molecular formula is C29H30N2O5S. The van der Waals surface area contributed by atoms with Crippen molar-refractivity contribution < 1.29 is 19.0 Å². The quantitative estimate of drug-likeness (QED) is 0.334. The molecule has 0 fully saturated rings. The fourth-order valence-electron chi connectivity index (χ4n) is 4.46. The molecule has 2 heterocycles. The highest BCUT2D eigenvalue weighted by molar-refractivity contribution is 7.07. The highest BCUT2D eigenvalue weighted by Gasteiger charge is 2.33. The van der Waals surface area contributed by atoms with Crippen molar-refractivity contribution in [1.29, 1.82) is 0 Å². The zero-order valence-electron chi connectivity index (χ0n) is 21.7. The minimum atomic E-state index is -0.639. The molecule has 0 saturated heterocycles. The predicted octanol–water partition coefficient (Wildman–Crippen LogP) is 3.85. The number of fused-ring (bicyclic) bond motifs is 1. The number of aromatic nitrogens is 1. The van der Waals surface area contributed by atoms with Crippen LogP contribution in [-0.2, 0) is 16.0 Å². The number of benzene rings is 2. The first-order chi connectivity index (χ1) is 17.8. The van der Waals surface area contributed by atoms with Crippen LogP contribution in [0, 0.1) is 6.92 Å². The van der Waals surface area contributed by atoms with Crippen molar-refractivity contribution in [2.45, 2.75) is 33.2 Å². The van der Waals surface area contributed by atoms with Gasteiger partial charge in [-0.2, -0.15) is 0 Å². The van der Waals surface area contributed by atoms with E-state index in [0.29, 0.717) is 38.5 Å². The van der Waals surface area contributed by atoms with Crippen LogP contribution < -0.4 is 24.4 Å². The molecule has 0 radical (unpaired) electrons. The second-order valence-electron chi connectivity index (χ2n) is 8.62. The fraction of sp³-hybridized carbons (Fsp3) is 0.276. The lowest BCUT2D eigenvalue weighted by Crippen LogP contribution is -2.39. The van der Waals surface area contributed by atoms with E-state index in [1.807, 2.05) is 49.4 Å². The number of allylic oxidation sites excluding steroid dienone is 2. The summed E-state index contributed by atoms with van der Waals surface area (Å²) in [5.74, 6) is 0.728. The maximum Gasteiger partial charge on any atom is 0.338 e. The number of thiazole rings is 1. The maximum atomic E-state index is 13.8. The summed E-state index contributed by atoms with van der Waals surface area (Å²) in [7, 11) is 3.17. The van der Waals surface area contributed by atoms with Crippen LogP contribution >= 0.6 is 11.3 Å². The monoisotopic (exact) mass is 518 g/mol. The largest absolute Gasteiger partial charge is 0.493 e. The van der Waals surface area contributed by atoms with Gasteiger partial charge in [0.1, 0.15) is 0 Å². The Hall–Kier alpha value is -3.91. The van der Waals surface area contributed by atoms with Crippen molar-refractivity contribution >= 4 is 23.4 Å². The topological polar surface area (TPSA) is 79.1 Å². The first-order valence-corrected chi connectivity index (χ1v) is 12.8. The number of aryl methyl sites for hydroxylation is 1. The van der Waals surface area contributed by atoms with Gasteiger partial charge in [-0.1, -0.05) is 47.2 Å². The van der Waals surface area contributed by atoms with Crippen LogP contribution in [0.15, 0.2) is 70.1 Å². The van der Waals surface area contributed by atoms with Gasteiger partial charge >= 0.3 is 5.97 Å². The van der Waals surface area contributed by atoms with E-state index in [1.165, 1.54) is 11.3 Å². The molecule has 0 bridgehead atoms. The summed E-state index contributed by atoms with van der Waals surface area (Å²) in [6.45, 7) is 9.59. The normalized spacial score (nSPS) is 15.2. The average Bonchev–Trinajstić information content (AvgIpc) is 3.17. The fourth-order valence-corrected chi connectivity index (χ4v) is 5.51. The summed E-state index contributed by atoms with van der Waals surface area (Å²) in [4.78, 5) is 32.0. The first kappa shape index (κ1) is 26.2. The molecule has 0 N–H and O–H groups in total. The van der Waals surface area contributed by atoms with E-state index < -0.39 is 12.0 Å². The van der Waals surface area contributed by atoms with E-state index in [1.54, 1.807) is 38.7 Å². The van der Waals surface area contributed by atoms with E-state index >= 15 is 0 Å². The molecule has 3 aromatic rings. The Balaban J connectivity index is 1.94. The molecule has 1 aliphatic heterocycles. The van der Waals surface area contributed by atoms with Crippen LogP contribution in [0.3, 0.4) is 0 Å². The number of rotatable bonds is 8. The summed E-state index contributed by atoms with van der Waals surface area (Å²) >= 11 is 1.28. The molecule has 0 aliphatic carbocycles.